The molecular weight excluding hydrogens is 362 g/mol. The zero-order valence-corrected chi connectivity index (χ0v) is 14.4. The standard InChI is InChI=1S/C13H18BrNO5S/c1-4-20-7-8(2)15-21(18,19)10-5-11(13(16)17)9(3)12(14)6-10/h5-6,8,15H,4,7H2,1-3H3,(H,16,17). The molecule has 1 atom stereocenters. The second kappa shape index (κ2) is 7.35. The topological polar surface area (TPSA) is 92.7 Å². The minimum Gasteiger partial charge on any atom is -0.478 e. The molecule has 0 aliphatic carbocycles. The van der Waals surface area contributed by atoms with Crippen molar-refractivity contribution in [2.45, 2.75) is 31.7 Å². The summed E-state index contributed by atoms with van der Waals surface area (Å²) in [6.07, 6.45) is 0. The first-order valence-corrected chi connectivity index (χ1v) is 8.60. The lowest BCUT2D eigenvalue weighted by Crippen LogP contribution is -2.36. The molecule has 0 aliphatic rings. The average molecular weight is 380 g/mol. The molecule has 0 aliphatic heterocycles. The lowest BCUT2D eigenvalue weighted by Gasteiger charge is -2.15. The van der Waals surface area contributed by atoms with Gasteiger partial charge in [-0.25, -0.2) is 17.9 Å². The Bertz CT molecular complexity index is 630. The van der Waals surface area contributed by atoms with Crippen molar-refractivity contribution in [3.05, 3.63) is 27.7 Å². The van der Waals surface area contributed by atoms with E-state index in [-0.39, 0.29) is 17.1 Å². The fraction of sp³-hybridized carbons (Fsp3) is 0.462. The summed E-state index contributed by atoms with van der Waals surface area (Å²) in [6, 6.07) is 2.12. The molecule has 0 bridgehead atoms. The van der Waals surface area contributed by atoms with Gasteiger partial charge in [0.05, 0.1) is 17.1 Å². The summed E-state index contributed by atoms with van der Waals surface area (Å²) in [5.41, 5.74) is 0.422. The van der Waals surface area contributed by atoms with E-state index in [1.165, 1.54) is 6.07 Å². The van der Waals surface area contributed by atoms with Crippen molar-refractivity contribution < 1.29 is 23.1 Å². The van der Waals surface area contributed by atoms with E-state index in [0.29, 0.717) is 16.6 Å². The van der Waals surface area contributed by atoms with Crippen molar-refractivity contribution in [2.24, 2.45) is 0 Å². The highest BCUT2D eigenvalue weighted by atomic mass is 79.9. The maximum absolute atomic E-state index is 12.3. The number of ether oxygens (including phenoxy) is 1. The van der Waals surface area contributed by atoms with Crippen LogP contribution < -0.4 is 4.72 Å². The molecule has 118 valence electrons. The smallest absolute Gasteiger partial charge is 0.336 e. The summed E-state index contributed by atoms with van der Waals surface area (Å²) in [5, 5.41) is 9.12. The van der Waals surface area contributed by atoms with E-state index in [1.54, 1.807) is 13.8 Å². The lowest BCUT2D eigenvalue weighted by molar-refractivity contribution is 0.0695. The monoisotopic (exact) mass is 379 g/mol. The Balaban J connectivity index is 3.12. The number of aromatic carboxylic acids is 1. The molecule has 1 aromatic rings. The summed E-state index contributed by atoms with van der Waals surface area (Å²) < 4.78 is 32.6. The highest BCUT2D eigenvalue weighted by Gasteiger charge is 2.21. The van der Waals surface area contributed by atoms with Gasteiger partial charge in [-0.15, -0.1) is 0 Å². The molecule has 8 heteroatoms. The highest BCUT2D eigenvalue weighted by Crippen LogP contribution is 2.25. The van der Waals surface area contributed by atoms with E-state index >= 15 is 0 Å². The number of carbonyl (C=O) groups is 1. The van der Waals surface area contributed by atoms with Crippen molar-refractivity contribution >= 4 is 31.9 Å². The summed E-state index contributed by atoms with van der Waals surface area (Å²) in [6.45, 7) is 5.83. The van der Waals surface area contributed by atoms with E-state index in [9.17, 15) is 13.2 Å². The van der Waals surface area contributed by atoms with Crippen molar-refractivity contribution in [3.63, 3.8) is 0 Å². The Hall–Kier alpha value is -0.960. The first kappa shape index (κ1) is 18.1. The molecule has 0 saturated carbocycles. The van der Waals surface area contributed by atoms with Gasteiger partial charge < -0.3 is 9.84 Å². The fourth-order valence-corrected chi connectivity index (χ4v) is 3.58. The Labute approximate surface area is 132 Å². The normalized spacial score (nSPS) is 13.1. The number of nitrogens with one attached hydrogen (secondary N) is 1. The maximum Gasteiger partial charge on any atom is 0.336 e. The molecule has 1 rings (SSSR count). The minimum atomic E-state index is -3.81. The Morgan fingerprint density at radius 3 is 2.62 bits per heavy atom. The van der Waals surface area contributed by atoms with Crippen molar-refractivity contribution in [1.82, 2.24) is 4.72 Å². The molecule has 0 spiro atoms. The van der Waals surface area contributed by atoms with Crippen LogP contribution >= 0.6 is 15.9 Å². The van der Waals surface area contributed by atoms with Crippen LogP contribution in [0.5, 0.6) is 0 Å². The third-order valence-corrected chi connectivity index (χ3v) is 5.18. The minimum absolute atomic E-state index is 0.0535. The van der Waals surface area contributed by atoms with Gasteiger partial charge in [-0.05, 0) is 38.5 Å². The van der Waals surface area contributed by atoms with Crippen LogP contribution in [-0.4, -0.2) is 38.7 Å². The molecule has 6 nitrogen and oxygen atoms in total. The van der Waals surface area contributed by atoms with Gasteiger partial charge in [-0.1, -0.05) is 15.9 Å². The van der Waals surface area contributed by atoms with Crippen LogP contribution in [-0.2, 0) is 14.8 Å². The van der Waals surface area contributed by atoms with Gasteiger partial charge in [0.1, 0.15) is 0 Å². The fourth-order valence-electron chi connectivity index (χ4n) is 1.69. The van der Waals surface area contributed by atoms with E-state index in [4.69, 9.17) is 9.84 Å². The first-order chi connectivity index (χ1) is 9.69. The summed E-state index contributed by atoms with van der Waals surface area (Å²) in [5.74, 6) is -1.17. The first-order valence-electron chi connectivity index (χ1n) is 6.32. The van der Waals surface area contributed by atoms with Crippen LogP contribution in [0.15, 0.2) is 21.5 Å². The van der Waals surface area contributed by atoms with Crippen molar-refractivity contribution in [3.8, 4) is 0 Å². The van der Waals surface area contributed by atoms with Crippen LogP contribution in [0.3, 0.4) is 0 Å². The SMILES string of the molecule is CCOCC(C)NS(=O)(=O)c1cc(Br)c(C)c(C(=O)O)c1. The Morgan fingerprint density at radius 1 is 1.48 bits per heavy atom. The van der Waals surface area contributed by atoms with Crippen LogP contribution in [0.1, 0.15) is 29.8 Å². The zero-order chi connectivity index (χ0) is 16.2. The number of halogens is 1. The molecule has 21 heavy (non-hydrogen) atoms. The molecular formula is C13H18BrNO5S. The highest BCUT2D eigenvalue weighted by molar-refractivity contribution is 9.10. The van der Waals surface area contributed by atoms with Gasteiger partial charge in [-0.3, -0.25) is 0 Å². The second-order valence-electron chi connectivity index (χ2n) is 4.56. The summed E-state index contributed by atoms with van der Waals surface area (Å²) in [4.78, 5) is 11.1. The van der Waals surface area contributed by atoms with Gasteiger partial charge in [0.25, 0.3) is 0 Å². The van der Waals surface area contributed by atoms with Crippen molar-refractivity contribution in [2.75, 3.05) is 13.2 Å². The summed E-state index contributed by atoms with van der Waals surface area (Å²) >= 11 is 3.19. The second-order valence-corrected chi connectivity index (χ2v) is 7.13. The predicted octanol–water partition coefficient (Wildman–Crippen LogP) is 2.16. The molecule has 0 radical (unpaired) electrons. The van der Waals surface area contributed by atoms with Gasteiger partial charge in [0.2, 0.25) is 10.0 Å². The molecule has 1 aromatic carbocycles. The van der Waals surface area contributed by atoms with Crippen LogP contribution in [0, 0.1) is 6.92 Å². The number of rotatable bonds is 7. The zero-order valence-electron chi connectivity index (χ0n) is 12.0. The number of carboxylic acids is 1. The molecule has 2 N–H and O–H groups in total. The Kier molecular flexibility index (Phi) is 6.33. The third kappa shape index (κ3) is 4.77. The quantitative estimate of drug-likeness (QED) is 0.756. The third-order valence-electron chi connectivity index (χ3n) is 2.79. The molecule has 0 saturated heterocycles. The molecule has 0 fully saturated rings. The van der Waals surface area contributed by atoms with E-state index < -0.39 is 22.0 Å². The molecule has 0 heterocycles. The van der Waals surface area contributed by atoms with E-state index in [0.717, 1.165) is 6.07 Å². The van der Waals surface area contributed by atoms with Gasteiger partial charge >= 0.3 is 5.97 Å². The molecule has 0 aromatic heterocycles. The van der Waals surface area contributed by atoms with Gasteiger partial charge in [0.15, 0.2) is 0 Å². The van der Waals surface area contributed by atoms with E-state index in [1.807, 2.05) is 6.92 Å². The van der Waals surface area contributed by atoms with Crippen LogP contribution in [0.4, 0.5) is 0 Å². The van der Waals surface area contributed by atoms with Gasteiger partial charge in [-0.2, -0.15) is 0 Å². The van der Waals surface area contributed by atoms with Crippen LogP contribution in [0.2, 0.25) is 0 Å². The summed E-state index contributed by atoms with van der Waals surface area (Å²) in [7, 11) is -3.81. The molecule has 1 unspecified atom stereocenters. The number of carboxylic acid groups (broad SMARTS) is 1. The number of hydrogen-bond donors (Lipinski definition) is 2. The van der Waals surface area contributed by atoms with Crippen molar-refractivity contribution in [1.29, 1.82) is 0 Å². The number of sulfonamides is 1. The van der Waals surface area contributed by atoms with Crippen LogP contribution in [0.25, 0.3) is 0 Å². The van der Waals surface area contributed by atoms with E-state index in [2.05, 4.69) is 20.7 Å². The Morgan fingerprint density at radius 2 is 2.10 bits per heavy atom. The molecule has 0 amide bonds. The largest absolute Gasteiger partial charge is 0.478 e. The number of benzene rings is 1. The van der Waals surface area contributed by atoms with Gasteiger partial charge in [0, 0.05) is 17.1 Å². The maximum atomic E-state index is 12.3. The number of hydrogen-bond acceptors (Lipinski definition) is 4. The average Bonchev–Trinajstić information content (AvgIpc) is 2.38. The lowest BCUT2D eigenvalue weighted by atomic mass is 10.1. The predicted molar refractivity (Wildman–Crippen MR) is 82.1 cm³/mol.